The Balaban J connectivity index is 1.72. The molecule has 7 heteroatoms. The van der Waals surface area contributed by atoms with E-state index in [1.54, 1.807) is 25.3 Å². The second-order valence-corrected chi connectivity index (χ2v) is 6.60. The number of rotatable bonds is 5. The number of hydrazine groups is 1. The van der Waals surface area contributed by atoms with Crippen LogP contribution in [0.2, 0.25) is 10.0 Å². The number of carbonyl (C=O) groups is 1. The van der Waals surface area contributed by atoms with Crippen LogP contribution in [0.1, 0.15) is 27.4 Å². The van der Waals surface area contributed by atoms with Crippen LogP contribution in [0.15, 0.2) is 36.4 Å². The maximum Gasteiger partial charge on any atom is 0.251 e. The Morgan fingerprint density at radius 2 is 2.00 bits per heavy atom. The molecule has 2 aromatic carbocycles. The molecule has 1 saturated heterocycles. The average Bonchev–Trinajstić information content (AvgIpc) is 3.16. The molecular weight excluding hydrogens is 361 g/mol. The third-order valence-corrected chi connectivity index (χ3v) is 5.09. The van der Waals surface area contributed by atoms with Gasteiger partial charge in [0.15, 0.2) is 0 Å². The minimum atomic E-state index is -0.191. The second kappa shape index (κ2) is 8.06. The lowest BCUT2D eigenvalue weighted by Gasteiger charge is -2.15. The molecule has 1 aliphatic heterocycles. The Labute approximate surface area is 156 Å². The lowest BCUT2D eigenvalue weighted by Crippen LogP contribution is -2.23. The minimum absolute atomic E-state index is 0.191. The number of benzene rings is 2. The number of ether oxygens (including phenoxy) is 1. The maximum atomic E-state index is 12.4. The Morgan fingerprint density at radius 1 is 1.24 bits per heavy atom. The first-order chi connectivity index (χ1) is 12.1. The van der Waals surface area contributed by atoms with Gasteiger partial charge in [-0.2, -0.15) is 0 Å². The van der Waals surface area contributed by atoms with Crippen molar-refractivity contribution in [3.63, 3.8) is 0 Å². The van der Waals surface area contributed by atoms with Gasteiger partial charge >= 0.3 is 0 Å². The van der Waals surface area contributed by atoms with E-state index >= 15 is 0 Å². The Hall–Kier alpha value is -1.79. The second-order valence-electron chi connectivity index (χ2n) is 5.81. The normalized spacial score (nSPS) is 14.5. The summed E-state index contributed by atoms with van der Waals surface area (Å²) in [5.41, 5.74) is 8.59. The van der Waals surface area contributed by atoms with Crippen molar-refractivity contribution in [3.05, 3.63) is 63.1 Å². The Kier molecular flexibility index (Phi) is 5.81. The standard InChI is InChI=1S/C18H19Cl2N3O2/c1-25-16-7-11(5-6-14(16)13-9-22-23-10-13)18(24)21-8-12-3-2-4-15(19)17(12)20/h2-7,13,22-23H,8-10H2,1H3,(H,21,24). The van der Waals surface area contributed by atoms with Crippen molar-refractivity contribution in [1.82, 2.24) is 16.2 Å². The Morgan fingerprint density at radius 3 is 2.72 bits per heavy atom. The van der Waals surface area contributed by atoms with Gasteiger partial charge in [0.25, 0.3) is 5.91 Å². The van der Waals surface area contributed by atoms with Gasteiger partial charge in [-0.25, -0.2) is 0 Å². The lowest BCUT2D eigenvalue weighted by atomic mass is 9.97. The monoisotopic (exact) mass is 379 g/mol. The van der Waals surface area contributed by atoms with Crippen molar-refractivity contribution in [2.45, 2.75) is 12.5 Å². The summed E-state index contributed by atoms with van der Waals surface area (Å²) in [4.78, 5) is 12.4. The van der Waals surface area contributed by atoms with E-state index in [0.717, 1.165) is 24.2 Å². The molecule has 132 valence electrons. The summed E-state index contributed by atoms with van der Waals surface area (Å²) >= 11 is 12.1. The molecule has 1 heterocycles. The number of amides is 1. The molecule has 0 saturated carbocycles. The van der Waals surface area contributed by atoms with Gasteiger partial charge < -0.3 is 10.1 Å². The molecule has 0 unspecified atom stereocenters. The number of hydrogen-bond donors (Lipinski definition) is 3. The first kappa shape index (κ1) is 18.0. The van der Waals surface area contributed by atoms with Crippen molar-refractivity contribution in [1.29, 1.82) is 0 Å². The van der Waals surface area contributed by atoms with E-state index in [9.17, 15) is 4.79 Å². The number of nitrogens with one attached hydrogen (secondary N) is 3. The number of hydrogen-bond acceptors (Lipinski definition) is 4. The Bertz CT molecular complexity index is 777. The third-order valence-electron chi connectivity index (χ3n) is 4.23. The van der Waals surface area contributed by atoms with E-state index in [-0.39, 0.29) is 5.91 Å². The SMILES string of the molecule is COc1cc(C(=O)NCc2cccc(Cl)c2Cl)ccc1C1CNNC1. The summed E-state index contributed by atoms with van der Waals surface area (Å²) in [6.45, 7) is 1.96. The first-order valence-electron chi connectivity index (χ1n) is 7.95. The molecule has 1 aliphatic rings. The van der Waals surface area contributed by atoms with E-state index in [1.165, 1.54) is 0 Å². The molecule has 1 amide bonds. The van der Waals surface area contributed by atoms with Gasteiger partial charge in [-0.05, 0) is 29.3 Å². The highest BCUT2D eigenvalue weighted by Gasteiger charge is 2.21. The minimum Gasteiger partial charge on any atom is -0.496 e. The van der Waals surface area contributed by atoms with Crippen molar-refractivity contribution < 1.29 is 9.53 Å². The van der Waals surface area contributed by atoms with Crippen LogP contribution in [0.5, 0.6) is 5.75 Å². The topological polar surface area (TPSA) is 62.4 Å². The van der Waals surface area contributed by atoms with Gasteiger partial charge in [0, 0.05) is 31.1 Å². The van der Waals surface area contributed by atoms with Crippen molar-refractivity contribution >= 4 is 29.1 Å². The zero-order valence-corrected chi connectivity index (χ0v) is 15.2. The summed E-state index contributed by atoms with van der Waals surface area (Å²) in [5.74, 6) is 0.838. The summed E-state index contributed by atoms with van der Waals surface area (Å²) < 4.78 is 5.47. The summed E-state index contributed by atoms with van der Waals surface area (Å²) in [6, 6.07) is 10.9. The van der Waals surface area contributed by atoms with E-state index in [2.05, 4.69) is 16.2 Å². The van der Waals surface area contributed by atoms with Crippen LogP contribution in [0.3, 0.4) is 0 Å². The fourth-order valence-corrected chi connectivity index (χ4v) is 3.22. The zero-order chi connectivity index (χ0) is 17.8. The predicted octanol–water partition coefficient (Wildman–Crippen LogP) is 3.12. The van der Waals surface area contributed by atoms with Crippen molar-refractivity contribution in [2.24, 2.45) is 0 Å². The largest absolute Gasteiger partial charge is 0.496 e. The first-order valence-corrected chi connectivity index (χ1v) is 8.70. The smallest absolute Gasteiger partial charge is 0.251 e. The average molecular weight is 380 g/mol. The van der Waals surface area contributed by atoms with E-state index in [1.807, 2.05) is 18.2 Å². The van der Waals surface area contributed by atoms with Crippen LogP contribution in [-0.4, -0.2) is 26.1 Å². The van der Waals surface area contributed by atoms with Gasteiger partial charge in [0.05, 0.1) is 17.2 Å². The molecule has 0 spiro atoms. The third kappa shape index (κ3) is 4.07. The van der Waals surface area contributed by atoms with Crippen LogP contribution in [0.25, 0.3) is 0 Å². The van der Waals surface area contributed by atoms with Gasteiger partial charge in [0.1, 0.15) is 5.75 Å². The molecule has 0 radical (unpaired) electrons. The molecule has 1 fully saturated rings. The van der Waals surface area contributed by atoms with E-state index < -0.39 is 0 Å². The van der Waals surface area contributed by atoms with Gasteiger partial charge in [-0.1, -0.05) is 41.4 Å². The highest BCUT2D eigenvalue weighted by atomic mass is 35.5. The zero-order valence-electron chi connectivity index (χ0n) is 13.7. The molecule has 0 bridgehead atoms. The highest BCUT2D eigenvalue weighted by Crippen LogP contribution is 2.29. The molecule has 2 aromatic rings. The van der Waals surface area contributed by atoms with Gasteiger partial charge in [-0.15, -0.1) is 0 Å². The molecule has 0 aliphatic carbocycles. The molecule has 0 aromatic heterocycles. The molecule has 5 nitrogen and oxygen atoms in total. The molecule has 0 atom stereocenters. The van der Waals surface area contributed by atoms with E-state index in [0.29, 0.717) is 33.8 Å². The van der Waals surface area contributed by atoms with E-state index in [4.69, 9.17) is 27.9 Å². The fraction of sp³-hybridized carbons (Fsp3) is 0.278. The quantitative estimate of drug-likeness (QED) is 0.746. The predicted molar refractivity (Wildman–Crippen MR) is 99.4 cm³/mol. The van der Waals surface area contributed by atoms with Gasteiger partial charge in [0.2, 0.25) is 0 Å². The number of carbonyl (C=O) groups excluding carboxylic acids is 1. The van der Waals surface area contributed by atoms with Crippen molar-refractivity contribution in [3.8, 4) is 5.75 Å². The summed E-state index contributed by atoms with van der Waals surface area (Å²) in [6.07, 6.45) is 0. The van der Waals surface area contributed by atoms with Crippen LogP contribution >= 0.6 is 23.2 Å². The van der Waals surface area contributed by atoms with Gasteiger partial charge in [-0.3, -0.25) is 15.6 Å². The molecular formula is C18H19Cl2N3O2. The molecule has 3 rings (SSSR count). The molecule has 25 heavy (non-hydrogen) atoms. The summed E-state index contributed by atoms with van der Waals surface area (Å²) in [7, 11) is 1.61. The maximum absolute atomic E-state index is 12.4. The fourth-order valence-electron chi connectivity index (χ4n) is 2.84. The van der Waals surface area contributed by atoms with Crippen LogP contribution in [0, 0.1) is 0 Å². The van der Waals surface area contributed by atoms with Crippen LogP contribution in [0.4, 0.5) is 0 Å². The highest BCUT2D eigenvalue weighted by molar-refractivity contribution is 6.42. The summed E-state index contributed by atoms with van der Waals surface area (Å²) in [5, 5.41) is 3.79. The van der Waals surface area contributed by atoms with Crippen LogP contribution in [-0.2, 0) is 6.54 Å². The van der Waals surface area contributed by atoms with Crippen LogP contribution < -0.4 is 20.9 Å². The van der Waals surface area contributed by atoms with Crippen molar-refractivity contribution in [2.75, 3.05) is 20.2 Å². The number of halogens is 2. The number of methoxy groups -OCH3 is 1. The molecule has 3 N–H and O–H groups in total. The lowest BCUT2D eigenvalue weighted by molar-refractivity contribution is 0.0950.